The van der Waals surface area contributed by atoms with Gasteiger partial charge in [-0.1, -0.05) is 41.4 Å². The summed E-state index contributed by atoms with van der Waals surface area (Å²) in [6.07, 6.45) is 2.46. The average molecular weight is 617 g/mol. The first-order valence-electron chi connectivity index (χ1n) is 14.7. The normalized spacial score (nSPS) is 19.3. The van der Waals surface area contributed by atoms with Gasteiger partial charge in [-0.25, -0.2) is 9.59 Å². The molecule has 3 aliphatic rings. The molecule has 11 heteroatoms. The molecule has 42 heavy (non-hydrogen) atoms. The van der Waals surface area contributed by atoms with Crippen LogP contribution in [0.2, 0.25) is 10.0 Å². The van der Waals surface area contributed by atoms with Gasteiger partial charge in [-0.15, -0.1) is 0 Å². The smallest absolute Gasteiger partial charge is 0.410 e. The summed E-state index contributed by atoms with van der Waals surface area (Å²) in [6, 6.07) is 13.3. The average Bonchev–Trinajstić information content (AvgIpc) is 3.14. The van der Waals surface area contributed by atoms with Crippen LogP contribution in [0.1, 0.15) is 36.8 Å². The number of rotatable bonds is 6. The number of hydrogen-bond acceptors (Lipinski definition) is 5. The molecule has 0 saturated carbocycles. The lowest BCUT2D eigenvalue weighted by Gasteiger charge is -2.38. The number of halogens is 2. The van der Waals surface area contributed by atoms with Crippen LogP contribution >= 0.6 is 23.2 Å². The summed E-state index contributed by atoms with van der Waals surface area (Å²) in [5.41, 5.74) is 2.71. The maximum atomic E-state index is 13.7. The zero-order valence-electron chi connectivity index (χ0n) is 24.2. The van der Waals surface area contributed by atoms with E-state index in [1.54, 1.807) is 28.0 Å². The number of fused-ring (bicyclic) bond motifs is 1. The molecule has 3 heterocycles. The topological polar surface area (TPSA) is 85.4 Å². The SMILES string of the molecule is CN(C)C1CCN(C(=O)C(Cc2cc(Cl)cc(Cl)c2)OC(=O)N2CCC(N3CCc4ccccc4NC3=O)CC2)CC1. The van der Waals surface area contributed by atoms with E-state index in [0.717, 1.165) is 36.1 Å². The Morgan fingerprint density at radius 1 is 0.952 bits per heavy atom. The zero-order valence-corrected chi connectivity index (χ0v) is 25.7. The predicted molar refractivity (Wildman–Crippen MR) is 164 cm³/mol. The first kappa shape index (κ1) is 30.4. The van der Waals surface area contributed by atoms with Crippen molar-refractivity contribution in [1.29, 1.82) is 0 Å². The van der Waals surface area contributed by atoms with Gasteiger partial charge in [0.2, 0.25) is 0 Å². The molecule has 0 spiro atoms. The van der Waals surface area contributed by atoms with Gasteiger partial charge in [-0.05, 0) is 81.6 Å². The second kappa shape index (κ2) is 13.5. The standard InChI is InChI=1S/C31H39Cl2N5O4/c1-35(2)25-8-12-36(13-9-25)29(39)28(19-21-17-23(32)20-24(33)18-21)42-31(41)37-14-10-26(11-15-37)38-16-7-22-5-3-4-6-27(22)34-30(38)40/h3-6,17-18,20,25-26,28H,7-16,19H2,1-2H3,(H,34,40). The number of benzene rings is 2. The van der Waals surface area contributed by atoms with Gasteiger partial charge in [0.1, 0.15) is 0 Å². The number of urea groups is 1. The van der Waals surface area contributed by atoms with E-state index in [1.165, 1.54) is 0 Å². The van der Waals surface area contributed by atoms with Crippen molar-refractivity contribution in [1.82, 2.24) is 19.6 Å². The molecule has 1 N–H and O–H groups in total. The van der Waals surface area contributed by atoms with Gasteiger partial charge in [-0.3, -0.25) is 4.79 Å². The van der Waals surface area contributed by atoms with Crippen molar-refractivity contribution in [3.05, 3.63) is 63.6 Å². The van der Waals surface area contributed by atoms with Gasteiger partial charge in [0.25, 0.3) is 5.91 Å². The molecule has 0 bridgehead atoms. The summed E-state index contributed by atoms with van der Waals surface area (Å²) in [6.45, 7) is 2.73. The van der Waals surface area contributed by atoms with Gasteiger partial charge in [0, 0.05) is 67.0 Å². The largest absolute Gasteiger partial charge is 0.436 e. The fourth-order valence-corrected chi connectivity index (χ4v) is 6.79. The van der Waals surface area contributed by atoms with E-state index in [4.69, 9.17) is 27.9 Å². The summed E-state index contributed by atoms with van der Waals surface area (Å²) < 4.78 is 5.93. The van der Waals surface area contributed by atoms with Crippen molar-refractivity contribution >= 4 is 46.9 Å². The maximum Gasteiger partial charge on any atom is 0.410 e. The van der Waals surface area contributed by atoms with E-state index < -0.39 is 12.2 Å². The predicted octanol–water partition coefficient (Wildman–Crippen LogP) is 5.15. The van der Waals surface area contributed by atoms with Crippen molar-refractivity contribution in [2.75, 3.05) is 52.1 Å². The van der Waals surface area contributed by atoms with Crippen molar-refractivity contribution in [3.63, 3.8) is 0 Å². The Balaban J connectivity index is 1.22. The minimum Gasteiger partial charge on any atom is -0.436 e. The van der Waals surface area contributed by atoms with E-state index in [0.29, 0.717) is 61.7 Å². The van der Waals surface area contributed by atoms with Crippen molar-refractivity contribution in [3.8, 4) is 0 Å². The Labute approximate surface area is 257 Å². The van der Waals surface area contributed by atoms with Gasteiger partial charge < -0.3 is 29.7 Å². The minimum absolute atomic E-state index is 0.0207. The van der Waals surface area contributed by atoms with Crippen LogP contribution in [0, 0.1) is 0 Å². The third-order valence-corrected chi connectivity index (χ3v) is 9.11. The van der Waals surface area contributed by atoms with Crippen LogP contribution in [0.15, 0.2) is 42.5 Å². The molecule has 2 aromatic carbocycles. The number of nitrogens with one attached hydrogen (secondary N) is 1. The van der Waals surface area contributed by atoms with E-state index in [2.05, 4.69) is 24.3 Å². The molecule has 1 unspecified atom stereocenters. The van der Waals surface area contributed by atoms with Crippen molar-refractivity contribution in [2.24, 2.45) is 0 Å². The molecule has 1 atom stereocenters. The van der Waals surface area contributed by atoms with Crippen LogP contribution in [0.5, 0.6) is 0 Å². The summed E-state index contributed by atoms with van der Waals surface area (Å²) in [7, 11) is 4.11. The van der Waals surface area contributed by atoms with Crippen LogP contribution in [-0.2, 0) is 22.4 Å². The first-order chi connectivity index (χ1) is 20.2. The Kier molecular flexibility index (Phi) is 9.81. The molecule has 2 fully saturated rings. The molecule has 3 aliphatic heterocycles. The summed E-state index contributed by atoms with van der Waals surface area (Å²) >= 11 is 12.5. The molecule has 9 nitrogen and oxygen atoms in total. The summed E-state index contributed by atoms with van der Waals surface area (Å²) in [5, 5.41) is 3.96. The van der Waals surface area contributed by atoms with Crippen LogP contribution < -0.4 is 5.32 Å². The number of nitrogens with zero attached hydrogens (tertiary/aromatic N) is 4. The molecule has 226 valence electrons. The monoisotopic (exact) mass is 615 g/mol. The molecule has 0 radical (unpaired) electrons. The van der Waals surface area contributed by atoms with Crippen LogP contribution in [0.25, 0.3) is 0 Å². The van der Waals surface area contributed by atoms with Crippen LogP contribution in [0.3, 0.4) is 0 Å². The third kappa shape index (κ3) is 7.30. The molecule has 5 rings (SSSR count). The lowest BCUT2D eigenvalue weighted by molar-refractivity contribution is -0.142. The van der Waals surface area contributed by atoms with Gasteiger partial charge >= 0.3 is 12.1 Å². The van der Waals surface area contributed by atoms with E-state index in [1.807, 2.05) is 29.2 Å². The Bertz CT molecular complexity index is 1270. The number of carbonyl (C=O) groups excluding carboxylic acids is 3. The summed E-state index contributed by atoms with van der Waals surface area (Å²) in [5.74, 6) is -0.202. The second-order valence-corrected chi connectivity index (χ2v) is 12.5. The lowest BCUT2D eigenvalue weighted by Crippen LogP contribution is -2.52. The lowest BCUT2D eigenvalue weighted by atomic mass is 10.0. The van der Waals surface area contributed by atoms with E-state index in [9.17, 15) is 14.4 Å². The number of amides is 4. The quantitative estimate of drug-likeness (QED) is 0.486. The zero-order chi connectivity index (χ0) is 29.8. The van der Waals surface area contributed by atoms with Gasteiger partial charge in [0.15, 0.2) is 6.10 Å². The van der Waals surface area contributed by atoms with Crippen molar-refractivity contribution < 1.29 is 19.1 Å². The first-order valence-corrected chi connectivity index (χ1v) is 15.4. The van der Waals surface area contributed by atoms with Gasteiger partial charge in [-0.2, -0.15) is 0 Å². The Hall–Kier alpha value is -3.01. The number of carbonyl (C=O) groups is 3. The molecule has 2 saturated heterocycles. The highest BCUT2D eigenvalue weighted by Gasteiger charge is 2.35. The molecule has 2 aromatic rings. The Morgan fingerprint density at radius 3 is 2.26 bits per heavy atom. The highest BCUT2D eigenvalue weighted by atomic mass is 35.5. The van der Waals surface area contributed by atoms with Crippen molar-refractivity contribution in [2.45, 2.75) is 56.7 Å². The van der Waals surface area contributed by atoms with Crippen LogP contribution in [-0.4, -0.2) is 103 Å². The molecular formula is C31H39Cl2N5O4. The van der Waals surface area contributed by atoms with Crippen LogP contribution in [0.4, 0.5) is 15.3 Å². The van der Waals surface area contributed by atoms with E-state index in [-0.39, 0.29) is 24.4 Å². The number of ether oxygens (including phenoxy) is 1. The highest BCUT2D eigenvalue weighted by Crippen LogP contribution is 2.26. The Morgan fingerprint density at radius 2 is 1.60 bits per heavy atom. The molecule has 0 aromatic heterocycles. The number of hydrogen-bond donors (Lipinski definition) is 1. The molecule has 0 aliphatic carbocycles. The number of piperidine rings is 2. The van der Waals surface area contributed by atoms with Gasteiger partial charge in [0.05, 0.1) is 0 Å². The summed E-state index contributed by atoms with van der Waals surface area (Å²) in [4.78, 5) is 47.6. The number of likely N-dealkylation sites (tertiary alicyclic amines) is 2. The fraction of sp³-hybridized carbons (Fsp3) is 0.516. The number of para-hydroxylation sites is 1. The minimum atomic E-state index is -0.990. The highest BCUT2D eigenvalue weighted by molar-refractivity contribution is 6.34. The molecule has 4 amide bonds. The fourth-order valence-electron chi connectivity index (χ4n) is 6.22. The second-order valence-electron chi connectivity index (χ2n) is 11.6. The molecular weight excluding hydrogens is 577 g/mol. The number of anilines is 1. The van der Waals surface area contributed by atoms with E-state index >= 15 is 0 Å². The third-order valence-electron chi connectivity index (χ3n) is 8.67. The maximum absolute atomic E-state index is 13.7.